The van der Waals surface area contributed by atoms with Gasteiger partial charge in [0.1, 0.15) is 6.61 Å². The third-order valence-electron chi connectivity index (χ3n) is 1.42. The Morgan fingerprint density at radius 1 is 1.22 bits per heavy atom. The molecule has 8 heteroatoms. The van der Waals surface area contributed by atoms with Gasteiger partial charge in [-0.25, -0.2) is 22.7 Å². The average Bonchev–Trinajstić information content (AvgIpc) is 2.19. The fourth-order valence-corrected chi connectivity index (χ4v) is 1.29. The van der Waals surface area contributed by atoms with Crippen molar-refractivity contribution in [1.29, 1.82) is 0 Å². The zero-order valence-corrected chi connectivity index (χ0v) is 11.3. The Labute approximate surface area is 106 Å². The molecule has 0 saturated heterocycles. The van der Waals surface area contributed by atoms with E-state index in [0.29, 0.717) is 0 Å². The third kappa shape index (κ3) is 11.1. The Morgan fingerprint density at radius 3 is 2.28 bits per heavy atom. The number of hydrogen-bond donors (Lipinski definition) is 1. The first-order valence-electron chi connectivity index (χ1n) is 5.21. The Kier molecular flexibility index (Phi) is 7.21. The summed E-state index contributed by atoms with van der Waals surface area (Å²) in [5, 5.41) is 0. The lowest BCUT2D eigenvalue weighted by Crippen LogP contribution is -2.26. The number of nitrogens with one attached hydrogen (secondary N) is 1. The van der Waals surface area contributed by atoms with Crippen LogP contribution in [0.3, 0.4) is 0 Å². The highest BCUT2D eigenvalue weighted by molar-refractivity contribution is 7.88. The van der Waals surface area contributed by atoms with Gasteiger partial charge in [0.25, 0.3) is 0 Å². The van der Waals surface area contributed by atoms with Gasteiger partial charge in [-0.05, 0) is 13.8 Å². The molecule has 0 aliphatic heterocycles. The van der Waals surface area contributed by atoms with Crippen LogP contribution in [0.1, 0.15) is 13.8 Å². The van der Waals surface area contributed by atoms with E-state index in [9.17, 15) is 18.0 Å². The molecular weight excluding hydrogens is 262 g/mol. The Bertz CT molecular complexity index is 412. The standard InChI is InChI=1S/C10H17NO6S/c1-8(2)17-10(13)5-4-9(12)16-7-6-11-18(3,14)15/h4-5,8,11H,6-7H2,1-3H3/b5-4+. The Hall–Kier alpha value is -1.41. The quantitative estimate of drug-likeness (QED) is 0.386. The number of rotatable bonds is 7. The SMILES string of the molecule is CC(C)OC(=O)/C=C/C(=O)OCCNS(C)(=O)=O. The molecule has 0 aromatic rings. The third-order valence-corrected chi connectivity index (χ3v) is 2.15. The van der Waals surface area contributed by atoms with Crippen molar-refractivity contribution in [1.82, 2.24) is 4.72 Å². The van der Waals surface area contributed by atoms with Gasteiger partial charge in [-0.1, -0.05) is 0 Å². The van der Waals surface area contributed by atoms with Gasteiger partial charge >= 0.3 is 11.9 Å². The molecule has 0 bridgehead atoms. The number of carbonyl (C=O) groups is 2. The highest BCUT2D eigenvalue weighted by Crippen LogP contribution is 1.91. The van der Waals surface area contributed by atoms with E-state index in [-0.39, 0.29) is 19.3 Å². The van der Waals surface area contributed by atoms with Crippen molar-refractivity contribution >= 4 is 22.0 Å². The monoisotopic (exact) mass is 279 g/mol. The number of ether oxygens (including phenoxy) is 2. The maximum absolute atomic E-state index is 11.1. The van der Waals surface area contributed by atoms with Crippen LogP contribution in [0.5, 0.6) is 0 Å². The first-order chi connectivity index (χ1) is 8.20. The van der Waals surface area contributed by atoms with E-state index in [4.69, 9.17) is 4.74 Å². The van der Waals surface area contributed by atoms with Gasteiger partial charge in [-0.2, -0.15) is 0 Å². The topological polar surface area (TPSA) is 98.8 Å². The van der Waals surface area contributed by atoms with Crippen LogP contribution in [-0.2, 0) is 29.1 Å². The van der Waals surface area contributed by atoms with Crippen LogP contribution in [0.25, 0.3) is 0 Å². The predicted octanol–water partition coefficient (Wildman–Crippen LogP) is -0.413. The number of hydrogen-bond acceptors (Lipinski definition) is 6. The highest BCUT2D eigenvalue weighted by atomic mass is 32.2. The lowest BCUT2D eigenvalue weighted by Gasteiger charge is -2.04. The predicted molar refractivity (Wildman–Crippen MR) is 64.2 cm³/mol. The van der Waals surface area contributed by atoms with E-state index in [1.165, 1.54) is 0 Å². The molecule has 7 nitrogen and oxygen atoms in total. The second kappa shape index (κ2) is 7.83. The zero-order valence-electron chi connectivity index (χ0n) is 10.5. The van der Waals surface area contributed by atoms with Gasteiger partial charge in [-0.3, -0.25) is 0 Å². The van der Waals surface area contributed by atoms with E-state index in [2.05, 4.69) is 9.46 Å². The van der Waals surface area contributed by atoms with Crippen LogP contribution in [-0.4, -0.2) is 45.9 Å². The van der Waals surface area contributed by atoms with Crippen LogP contribution >= 0.6 is 0 Å². The van der Waals surface area contributed by atoms with Crippen molar-refractivity contribution in [2.24, 2.45) is 0 Å². The maximum Gasteiger partial charge on any atom is 0.331 e. The summed E-state index contributed by atoms with van der Waals surface area (Å²) in [4.78, 5) is 22.1. The van der Waals surface area contributed by atoms with Gasteiger partial charge in [-0.15, -0.1) is 0 Å². The molecule has 0 spiro atoms. The number of esters is 2. The lowest BCUT2D eigenvalue weighted by molar-refractivity contribution is -0.142. The van der Waals surface area contributed by atoms with Crippen LogP contribution in [0.15, 0.2) is 12.2 Å². The fourth-order valence-electron chi connectivity index (χ4n) is 0.834. The van der Waals surface area contributed by atoms with E-state index in [1.807, 2.05) is 0 Å². The van der Waals surface area contributed by atoms with Crippen molar-refractivity contribution in [3.8, 4) is 0 Å². The summed E-state index contributed by atoms with van der Waals surface area (Å²) in [6.07, 6.45) is 2.60. The largest absolute Gasteiger partial charge is 0.461 e. The smallest absolute Gasteiger partial charge is 0.331 e. The summed E-state index contributed by atoms with van der Waals surface area (Å²) in [7, 11) is -3.29. The average molecular weight is 279 g/mol. The van der Waals surface area contributed by atoms with Crippen LogP contribution in [0.4, 0.5) is 0 Å². The van der Waals surface area contributed by atoms with Gasteiger partial charge in [0, 0.05) is 18.7 Å². The summed E-state index contributed by atoms with van der Waals surface area (Å²) in [5.74, 6) is -1.39. The second-order valence-corrected chi connectivity index (χ2v) is 5.49. The van der Waals surface area contributed by atoms with Crippen LogP contribution < -0.4 is 4.72 Å². The minimum atomic E-state index is -3.29. The first-order valence-corrected chi connectivity index (χ1v) is 7.10. The summed E-state index contributed by atoms with van der Waals surface area (Å²) in [6, 6.07) is 0. The van der Waals surface area contributed by atoms with E-state index >= 15 is 0 Å². The highest BCUT2D eigenvalue weighted by Gasteiger charge is 2.04. The molecule has 104 valence electrons. The second-order valence-electron chi connectivity index (χ2n) is 3.65. The van der Waals surface area contributed by atoms with Gasteiger partial charge in [0.05, 0.1) is 12.4 Å². The molecule has 0 saturated carbocycles. The van der Waals surface area contributed by atoms with Crippen molar-refractivity contribution < 1.29 is 27.5 Å². The molecule has 0 fully saturated rings. The minimum absolute atomic E-state index is 0.0190. The Morgan fingerprint density at radius 2 is 1.78 bits per heavy atom. The molecule has 0 aromatic heterocycles. The maximum atomic E-state index is 11.1. The Balaban J connectivity index is 3.84. The van der Waals surface area contributed by atoms with Crippen molar-refractivity contribution in [2.75, 3.05) is 19.4 Å². The van der Waals surface area contributed by atoms with E-state index < -0.39 is 22.0 Å². The molecule has 0 rings (SSSR count). The van der Waals surface area contributed by atoms with Crippen molar-refractivity contribution in [3.05, 3.63) is 12.2 Å². The molecule has 1 N–H and O–H groups in total. The molecule has 0 radical (unpaired) electrons. The summed E-state index contributed by atoms with van der Waals surface area (Å²) >= 11 is 0. The van der Waals surface area contributed by atoms with Crippen molar-refractivity contribution in [2.45, 2.75) is 20.0 Å². The fraction of sp³-hybridized carbons (Fsp3) is 0.600. The number of carbonyl (C=O) groups excluding carboxylic acids is 2. The molecule has 0 amide bonds. The molecule has 18 heavy (non-hydrogen) atoms. The molecule has 0 atom stereocenters. The van der Waals surface area contributed by atoms with Crippen molar-refractivity contribution in [3.63, 3.8) is 0 Å². The number of sulfonamides is 1. The minimum Gasteiger partial charge on any atom is -0.461 e. The van der Waals surface area contributed by atoms with Gasteiger partial charge < -0.3 is 9.47 Å². The molecular formula is C10H17NO6S. The molecule has 0 aliphatic rings. The van der Waals surface area contributed by atoms with E-state index in [1.54, 1.807) is 13.8 Å². The molecule has 0 aliphatic carbocycles. The summed E-state index contributed by atoms with van der Waals surface area (Å²) < 4.78 is 32.9. The van der Waals surface area contributed by atoms with E-state index in [0.717, 1.165) is 18.4 Å². The molecule has 0 unspecified atom stereocenters. The summed E-state index contributed by atoms with van der Waals surface area (Å²) in [5.41, 5.74) is 0. The normalized spacial score (nSPS) is 11.8. The summed E-state index contributed by atoms with van der Waals surface area (Å²) in [6.45, 7) is 3.23. The zero-order chi connectivity index (χ0) is 14.2. The first kappa shape index (κ1) is 16.6. The van der Waals surface area contributed by atoms with Gasteiger partial charge in [0.2, 0.25) is 10.0 Å². The van der Waals surface area contributed by atoms with Gasteiger partial charge in [0.15, 0.2) is 0 Å². The molecule has 0 heterocycles. The van der Waals surface area contributed by atoms with Crippen LogP contribution in [0, 0.1) is 0 Å². The molecule has 0 aromatic carbocycles. The van der Waals surface area contributed by atoms with Crippen LogP contribution in [0.2, 0.25) is 0 Å². The lowest BCUT2D eigenvalue weighted by atomic mass is 10.4.